The number of hydrogen-bond donors (Lipinski definition) is 1. The van der Waals surface area contributed by atoms with Gasteiger partial charge in [-0.15, -0.1) is 23.1 Å². The minimum atomic E-state index is 0.846. The Morgan fingerprint density at radius 3 is 2.59 bits per heavy atom. The van der Waals surface area contributed by atoms with Gasteiger partial charge in [0.1, 0.15) is 11.2 Å². The molecule has 0 aliphatic carbocycles. The zero-order valence-electron chi connectivity index (χ0n) is 15.1. The molecule has 4 aromatic rings. The molecule has 0 saturated carbocycles. The van der Waals surface area contributed by atoms with E-state index in [1.54, 1.807) is 23.7 Å². The summed E-state index contributed by atoms with van der Waals surface area (Å²) in [6.07, 6.45) is 7.49. The number of thiophene rings is 1. The van der Waals surface area contributed by atoms with Crippen molar-refractivity contribution in [2.24, 2.45) is 0 Å². The monoisotopic (exact) mass is 392 g/mol. The molecule has 0 fully saturated rings. The number of fused-ring (bicyclic) bond motifs is 1. The first-order valence-corrected chi connectivity index (χ1v) is 10.7. The molecule has 0 amide bonds. The standard InChI is InChI=1S/C21H20N4S2/c1-2-3-9-26-21-19(22)18-16(14-7-5-4-6-8-14)10-17(25-20(18)27-21)15-11-23-13-24-12-15/h4-8,10-13H,2-3,9,22H2,1H3. The maximum Gasteiger partial charge on any atom is 0.127 e. The summed E-state index contributed by atoms with van der Waals surface area (Å²) in [6, 6.07) is 12.4. The van der Waals surface area contributed by atoms with Gasteiger partial charge in [0.2, 0.25) is 0 Å². The highest BCUT2D eigenvalue weighted by molar-refractivity contribution is 8.01. The Labute approximate surface area is 166 Å². The van der Waals surface area contributed by atoms with E-state index in [4.69, 9.17) is 10.7 Å². The van der Waals surface area contributed by atoms with Crippen LogP contribution < -0.4 is 5.73 Å². The zero-order chi connectivity index (χ0) is 18.6. The molecule has 0 bridgehead atoms. The van der Waals surface area contributed by atoms with Crippen LogP contribution in [0.3, 0.4) is 0 Å². The second-order valence-corrected chi connectivity index (χ2v) is 8.60. The molecule has 3 heterocycles. The SMILES string of the molecule is CCCCSc1sc2nc(-c3cncnc3)cc(-c3ccccc3)c2c1N. The third-order valence-electron chi connectivity index (χ3n) is 4.34. The van der Waals surface area contributed by atoms with Gasteiger partial charge in [-0.1, -0.05) is 43.7 Å². The van der Waals surface area contributed by atoms with E-state index < -0.39 is 0 Å². The van der Waals surface area contributed by atoms with Crippen LogP contribution in [0.1, 0.15) is 19.8 Å². The summed E-state index contributed by atoms with van der Waals surface area (Å²) >= 11 is 3.51. The molecular formula is C21H20N4S2. The van der Waals surface area contributed by atoms with E-state index in [9.17, 15) is 0 Å². The van der Waals surface area contributed by atoms with Crippen molar-refractivity contribution in [2.45, 2.75) is 24.0 Å². The Hall–Kier alpha value is -2.44. The van der Waals surface area contributed by atoms with Crippen molar-refractivity contribution in [1.82, 2.24) is 15.0 Å². The highest BCUT2D eigenvalue weighted by Gasteiger charge is 2.18. The second kappa shape index (κ2) is 8.06. The summed E-state index contributed by atoms with van der Waals surface area (Å²) in [5, 5.41) is 1.05. The number of benzene rings is 1. The summed E-state index contributed by atoms with van der Waals surface area (Å²) in [6.45, 7) is 2.21. The molecule has 0 spiro atoms. The molecule has 136 valence electrons. The van der Waals surface area contributed by atoms with Crippen LogP contribution in [0.25, 0.3) is 32.6 Å². The molecule has 0 aliphatic heterocycles. The van der Waals surface area contributed by atoms with Gasteiger partial charge in [0, 0.05) is 23.3 Å². The first-order valence-electron chi connectivity index (χ1n) is 8.94. The molecule has 4 rings (SSSR count). The van der Waals surface area contributed by atoms with E-state index in [1.165, 1.54) is 19.2 Å². The number of rotatable bonds is 6. The van der Waals surface area contributed by atoms with Crippen molar-refractivity contribution in [3.8, 4) is 22.4 Å². The Bertz CT molecular complexity index is 1050. The number of nitrogen functional groups attached to an aromatic ring is 1. The van der Waals surface area contributed by atoms with E-state index in [2.05, 4.69) is 35.1 Å². The van der Waals surface area contributed by atoms with Gasteiger partial charge in [-0.05, 0) is 29.4 Å². The van der Waals surface area contributed by atoms with Gasteiger partial charge in [-0.25, -0.2) is 15.0 Å². The van der Waals surface area contributed by atoms with E-state index in [1.807, 2.05) is 30.0 Å². The fourth-order valence-electron chi connectivity index (χ4n) is 2.94. The number of hydrogen-bond acceptors (Lipinski definition) is 6. The first-order chi connectivity index (χ1) is 13.3. The molecule has 0 unspecified atom stereocenters. The maximum absolute atomic E-state index is 6.57. The van der Waals surface area contributed by atoms with Crippen LogP contribution in [-0.4, -0.2) is 20.7 Å². The lowest BCUT2D eigenvalue weighted by Gasteiger charge is -2.08. The molecule has 4 nitrogen and oxygen atoms in total. The Morgan fingerprint density at radius 2 is 1.85 bits per heavy atom. The second-order valence-electron chi connectivity index (χ2n) is 6.23. The molecule has 1 aromatic carbocycles. The molecule has 2 N–H and O–H groups in total. The predicted molar refractivity (Wildman–Crippen MR) is 116 cm³/mol. The van der Waals surface area contributed by atoms with Crippen LogP contribution in [0.4, 0.5) is 5.69 Å². The van der Waals surface area contributed by atoms with Gasteiger partial charge < -0.3 is 5.73 Å². The topological polar surface area (TPSA) is 64.7 Å². The first kappa shape index (κ1) is 17.9. The average molecular weight is 393 g/mol. The van der Waals surface area contributed by atoms with Crippen LogP contribution >= 0.6 is 23.1 Å². The summed E-state index contributed by atoms with van der Waals surface area (Å²) in [5.74, 6) is 1.08. The molecular weight excluding hydrogens is 372 g/mol. The smallest absolute Gasteiger partial charge is 0.127 e. The normalized spacial score (nSPS) is 11.1. The zero-order valence-corrected chi connectivity index (χ0v) is 16.7. The summed E-state index contributed by atoms with van der Waals surface area (Å²) < 4.78 is 1.16. The van der Waals surface area contributed by atoms with Crippen LogP contribution in [0.2, 0.25) is 0 Å². The van der Waals surface area contributed by atoms with Crippen LogP contribution in [0.15, 0.2) is 59.3 Å². The lowest BCUT2D eigenvalue weighted by molar-refractivity contribution is 0.897. The van der Waals surface area contributed by atoms with Crippen molar-refractivity contribution in [1.29, 1.82) is 0 Å². The van der Waals surface area contributed by atoms with Crippen molar-refractivity contribution < 1.29 is 0 Å². The van der Waals surface area contributed by atoms with E-state index in [-0.39, 0.29) is 0 Å². The number of nitrogens with two attached hydrogens (primary N) is 1. The Balaban J connectivity index is 1.91. The van der Waals surface area contributed by atoms with Crippen molar-refractivity contribution in [2.75, 3.05) is 11.5 Å². The number of aromatic nitrogens is 3. The van der Waals surface area contributed by atoms with Crippen molar-refractivity contribution in [3.05, 3.63) is 55.1 Å². The summed E-state index contributed by atoms with van der Waals surface area (Å²) in [4.78, 5) is 14.1. The number of anilines is 1. The number of nitrogens with zero attached hydrogens (tertiary/aromatic N) is 3. The Kier molecular flexibility index (Phi) is 5.36. The number of pyridine rings is 1. The third-order valence-corrected chi connectivity index (χ3v) is 6.81. The maximum atomic E-state index is 6.57. The van der Waals surface area contributed by atoms with Gasteiger partial charge in [0.15, 0.2) is 0 Å². The largest absolute Gasteiger partial charge is 0.397 e. The lowest BCUT2D eigenvalue weighted by atomic mass is 10.0. The molecule has 3 aromatic heterocycles. The summed E-state index contributed by atoms with van der Waals surface area (Å²) in [7, 11) is 0. The van der Waals surface area contributed by atoms with Crippen LogP contribution in [0, 0.1) is 0 Å². The minimum absolute atomic E-state index is 0.846. The van der Waals surface area contributed by atoms with E-state index in [0.717, 1.165) is 48.3 Å². The number of thioether (sulfide) groups is 1. The average Bonchev–Trinajstić information content (AvgIpc) is 3.04. The summed E-state index contributed by atoms with van der Waals surface area (Å²) in [5.41, 5.74) is 11.4. The fraction of sp³-hybridized carbons (Fsp3) is 0.190. The van der Waals surface area contributed by atoms with Gasteiger partial charge >= 0.3 is 0 Å². The van der Waals surface area contributed by atoms with Gasteiger partial charge in [-0.3, -0.25) is 0 Å². The lowest BCUT2D eigenvalue weighted by Crippen LogP contribution is -1.91. The molecule has 0 aliphatic rings. The molecule has 0 atom stereocenters. The van der Waals surface area contributed by atoms with Crippen LogP contribution in [-0.2, 0) is 0 Å². The van der Waals surface area contributed by atoms with E-state index in [0.29, 0.717) is 0 Å². The highest BCUT2D eigenvalue weighted by atomic mass is 32.2. The van der Waals surface area contributed by atoms with Crippen molar-refractivity contribution >= 4 is 39.0 Å². The molecule has 0 saturated heterocycles. The molecule has 6 heteroatoms. The quantitative estimate of drug-likeness (QED) is 0.327. The molecule has 27 heavy (non-hydrogen) atoms. The third kappa shape index (κ3) is 3.68. The van der Waals surface area contributed by atoms with Gasteiger partial charge in [-0.2, -0.15) is 0 Å². The van der Waals surface area contributed by atoms with Crippen molar-refractivity contribution in [3.63, 3.8) is 0 Å². The van der Waals surface area contributed by atoms with E-state index >= 15 is 0 Å². The number of unbranched alkanes of at least 4 members (excludes halogenated alkanes) is 1. The minimum Gasteiger partial charge on any atom is -0.397 e. The predicted octanol–water partition coefficient (Wildman–Crippen LogP) is 5.89. The van der Waals surface area contributed by atoms with Crippen LogP contribution in [0.5, 0.6) is 0 Å². The Morgan fingerprint density at radius 1 is 1.07 bits per heavy atom. The highest BCUT2D eigenvalue weighted by Crippen LogP contribution is 2.45. The van der Waals surface area contributed by atoms with Gasteiger partial charge in [0.05, 0.1) is 15.6 Å². The van der Waals surface area contributed by atoms with Gasteiger partial charge in [0.25, 0.3) is 0 Å². The molecule has 0 radical (unpaired) electrons. The fourth-order valence-corrected chi connectivity index (χ4v) is 5.39.